The number of hydrogen-bond acceptors (Lipinski definition) is 3. The van der Waals surface area contributed by atoms with E-state index in [1.54, 1.807) is 6.07 Å². The van der Waals surface area contributed by atoms with E-state index in [0.29, 0.717) is 11.4 Å². The van der Waals surface area contributed by atoms with Crippen LogP contribution in [0.3, 0.4) is 0 Å². The maximum Gasteiger partial charge on any atom is 0.0550 e. The van der Waals surface area contributed by atoms with Crippen molar-refractivity contribution in [3.8, 4) is 0 Å². The maximum absolute atomic E-state index is 8.60. The molecule has 0 unspecified atom stereocenters. The normalized spacial score (nSPS) is 10.1. The van der Waals surface area contributed by atoms with Crippen molar-refractivity contribution in [3.63, 3.8) is 0 Å². The molecule has 0 atom stereocenters. The highest BCUT2D eigenvalue weighted by molar-refractivity contribution is 5.63. The van der Waals surface area contributed by atoms with Gasteiger partial charge in [-0.2, -0.15) is 0 Å². The van der Waals surface area contributed by atoms with Crippen molar-refractivity contribution in [2.24, 2.45) is 0 Å². The van der Waals surface area contributed by atoms with Crippen molar-refractivity contribution >= 4 is 11.4 Å². The molecule has 0 aromatic heterocycles. The number of nitrogens with two attached hydrogens (primary N) is 2. The van der Waals surface area contributed by atoms with Gasteiger partial charge in [0.05, 0.1) is 11.4 Å². The summed E-state index contributed by atoms with van der Waals surface area (Å²) in [5.74, 6) is 0. The van der Waals surface area contributed by atoms with Crippen LogP contribution in [0.15, 0.2) is 18.2 Å². The molecule has 0 heterocycles. The number of nitrogen functional groups attached to an aromatic ring is 2. The highest BCUT2D eigenvalue weighted by atomic mass is 16.2. The minimum absolute atomic E-state index is 0.213. The molecule has 0 amide bonds. The van der Waals surface area contributed by atoms with Gasteiger partial charge in [0.15, 0.2) is 0 Å². The Morgan fingerprint density at radius 1 is 1.17 bits per heavy atom. The molecule has 5 N–H and O–H groups in total. The van der Waals surface area contributed by atoms with E-state index in [9.17, 15) is 0 Å². The molecule has 0 saturated carbocycles. The fourth-order valence-corrected chi connectivity index (χ4v) is 1.06. The third-order valence-corrected chi connectivity index (χ3v) is 1.77. The minimum atomic E-state index is 0.213. The zero-order chi connectivity index (χ0) is 8.97. The number of aliphatic hydroxyl groups excluding tert-OH is 1. The van der Waals surface area contributed by atoms with Gasteiger partial charge in [-0.3, -0.25) is 0 Å². The summed E-state index contributed by atoms with van der Waals surface area (Å²) in [4.78, 5) is 0. The van der Waals surface area contributed by atoms with Crippen molar-refractivity contribution in [1.82, 2.24) is 0 Å². The van der Waals surface area contributed by atoms with Crippen LogP contribution >= 0.6 is 0 Å². The Balaban J connectivity index is 2.69. The number of anilines is 2. The summed E-state index contributed by atoms with van der Waals surface area (Å²) in [6.07, 6.45) is 1.62. The van der Waals surface area contributed by atoms with Gasteiger partial charge >= 0.3 is 0 Å². The van der Waals surface area contributed by atoms with Gasteiger partial charge in [-0.15, -0.1) is 0 Å². The molecule has 1 aromatic carbocycles. The van der Waals surface area contributed by atoms with Crippen LogP contribution in [0.1, 0.15) is 12.0 Å². The second-order valence-corrected chi connectivity index (χ2v) is 2.79. The van der Waals surface area contributed by atoms with Crippen LogP contribution in [0.4, 0.5) is 11.4 Å². The van der Waals surface area contributed by atoms with Crippen molar-refractivity contribution in [2.45, 2.75) is 12.8 Å². The maximum atomic E-state index is 8.60. The smallest absolute Gasteiger partial charge is 0.0550 e. The number of aryl methyl sites for hydroxylation is 1. The molecule has 0 aliphatic rings. The predicted octanol–water partition coefficient (Wildman–Crippen LogP) is 0.776. The Kier molecular flexibility index (Phi) is 2.94. The van der Waals surface area contributed by atoms with Gasteiger partial charge in [0.2, 0.25) is 0 Å². The van der Waals surface area contributed by atoms with E-state index < -0.39 is 0 Å². The summed E-state index contributed by atoms with van der Waals surface area (Å²) < 4.78 is 0. The van der Waals surface area contributed by atoms with Gasteiger partial charge in [0.25, 0.3) is 0 Å². The molecule has 66 valence electrons. The van der Waals surface area contributed by atoms with Gasteiger partial charge in [-0.1, -0.05) is 6.07 Å². The molecule has 1 rings (SSSR count). The van der Waals surface area contributed by atoms with Gasteiger partial charge in [0.1, 0.15) is 0 Å². The van der Waals surface area contributed by atoms with E-state index in [-0.39, 0.29) is 6.61 Å². The van der Waals surface area contributed by atoms with Crippen molar-refractivity contribution in [3.05, 3.63) is 23.8 Å². The minimum Gasteiger partial charge on any atom is -0.397 e. The Hall–Kier alpha value is -1.22. The van der Waals surface area contributed by atoms with Crippen LogP contribution in [0.5, 0.6) is 0 Å². The average Bonchev–Trinajstić information content (AvgIpc) is 2.07. The van der Waals surface area contributed by atoms with Crippen LogP contribution < -0.4 is 11.5 Å². The van der Waals surface area contributed by atoms with E-state index >= 15 is 0 Å². The molecule has 0 fully saturated rings. The molecule has 0 aliphatic carbocycles. The van der Waals surface area contributed by atoms with Crippen LogP contribution in [0.2, 0.25) is 0 Å². The van der Waals surface area contributed by atoms with E-state index in [4.69, 9.17) is 16.6 Å². The summed E-state index contributed by atoms with van der Waals surface area (Å²) in [6.45, 7) is 0.213. The van der Waals surface area contributed by atoms with E-state index in [1.807, 2.05) is 12.1 Å². The Morgan fingerprint density at radius 2 is 1.92 bits per heavy atom. The molecular weight excluding hydrogens is 152 g/mol. The zero-order valence-corrected chi connectivity index (χ0v) is 6.96. The molecule has 0 aliphatic heterocycles. The molecule has 0 saturated heterocycles. The highest BCUT2D eigenvalue weighted by Crippen LogP contribution is 2.16. The molecule has 3 heteroatoms. The molecular formula is C9H14N2O. The van der Waals surface area contributed by atoms with Crippen LogP contribution in [-0.2, 0) is 6.42 Å². The number of hydrogen-bond donors (Lipinski definition) is 3. The van der Waals surface area contributed by atoms with Gasteiger partial charge in [0, 0.05) is 6.61 Å². The fourth-order valence-electron chi connectivity index (χ4n) is 1.06. The SMILES string of the molecule is Nc1ccc(CCCO)cc1N. The summed E-state index contributed by atoms with van der Waals surface area (Å²) in [5, 5.41) is 8.60. The monoisotopic (exact) mass is 166 g/mol. The zero-order valence-electron chi connectivity index (χ0n) is 6.96. The van der Waals surface area contributed by atoms with Gasteiger partial charge in [-0.25, -0.2) is 0 Å². The second kappa shape index (κ2) is 3.97. The summed E-state index contributed by atoms with van der Waals surface area (Å²) in [7, 11) is 0. The lowest BCUT2D eigenvalue weighted by Gasteiger charge is -2.03. The topological polar surface area (TPSA) is 72.3 Å². The second-order valence-electron chi connectivity index (χ2n) is 2.79. The van der Waals surface area contributed by atoms with Crippen LogP contribution in [0, 0.1) is 0 Å². The summed E-state index contributed by atoms with van der Waals surface area (Å²) in [5.41, 5.74) is 13.5. The first-order valence-corrected chi connectivity index (χ1v) is 3.99. The number of aliphatic hydroxyl groups is 1. The number of rotatable bonds is 3. The van der Waals surface area contributed by atoms with E-state index in [2.05, 4.69) is 0 Å². The summed E-state index contributed by atoms with van der Waals surface area (Å²) in [6, 6.07) is 5.58. The summed E-state index contributed by atoms with van der Waals surface area (Å²) >= 11 is 0. The fraction of sp³-hybridized carbons (Fsp3) is 0.333. The highest BCUT2D eigenvalue weighted by Gasteiger charge is 1.96. The van der Waals surface area contributed by atoms with Crippen LogP contribution in [-0.4, -0.2) is 11.7 Å². The molecule has 0 bridgehead atoms. The lowest BCUT2D eigenvalue weighted by molar-refractivity contribution is 0.288. The van der Waals surface area contributed by atoms with E-state index in [1.165, 1.54) is 0 Å². The molecule has 12 heavy (non-hydrogen) atoms. The molecule has 3 nitrogen and oxygen atoms in total. The van der Waals surface area contributed by atoms with Crippen LogP contribution in [0.25, 0.3) is 0 Å². The van der Waals surface area contributed by atoms with Gasteiger partial charge < -0.3 is 16.6 Å². The molecule has 0 spiro atoms. The predicted molar refractivity (Wildman–Crippen MR) is 50.7 cm³/mol. The average molecular weight is 166 g/mol. The molecule has 1 aromatic rings. The Labute approximate surface area is 72.0 Å². The lowest BCUT2D eigenvalue weighted by atomic mass is 10.1. The lowest BCUT2D eigenvalue weighted by Crippen LogP contribution is -1.96. The molecule has 0 radical (unpaired) electrons. The van der Waals surface area contributed by atoms with Gasteiger partial charge in [-0.05, 0) is 30.5 Å². The Bertz CT molecular complexity index is 261. The third-order valence-electron chi connectivity index (χ3n) is 1.77. The first kappa shape index (κ1) is 8.87. The quantitative estimate of drug-likeness (QED) is 0.581. The first-order valence-electron chi connectivity index (χ1n) is 3.99. The number of benzene rings is 1. The van der Waals surface area contributed by atoms with Crippen molar-refractivity contribution in [2.75, 3.05) is 18.1 Å². The van der Waals surface area contributed by atoms with Crippen molar-refractivity contribution < 1.29 is 5.11 Å². The van der Waals surface area contributed by atoms with E-state index in [0.717, 1.165) is 18.4 Å². The third kappa shape index (κ3) is 2.13. The standard InChI is InChI=1S/C9H14N2O/c10-8-4-3-7(2-1-5-12)6-9(8)11/h3-4,6,12H,1-2,5,10-11H2. The first-order chi connectivity index (χ1) is 5.74. The Morgan fingerprint density at radius 3 is 2.50 bits per heavy atom. The van der Waals surface area contributed by atoms with Crippen molar-refractivity contribution in [1.29, 1.82) is 0 Å². The largest absolute Gasteiger partial charge is 0.397 e.